The Morgan fingerprint density at radius 2 is 2.00 bits per heavy atom. The molecule has 0 atom stereocenters. The van der Waals surface area contributed by atoms with Gasteiger partial charge in [-0.3, -0.25) is 0 Å². The van der Waals surface area contributed by atoms with E-state index in [0.29, 0.717) is 5.92 Å². The van der Waals surface area contributed by atoms with E-state index >= 15 is 0 Å². The summed E-state index contributed by atoms with van der Waals surface area (Å²) in [5.41, 5.74) is 2.63. The average molecular weight is 238 g/mol. The standard InChI is InChI=1S/C14H20ClN/c1-16-10-11-7-8-13(14(15)9-11)12-5-3-2-4-6-12/h7-9,12,16H,2-6,10H2,1H3. The van der Waals surface area contributed by atoms with Crippen LogP contribution in [0.4, 0.5) is 0 Å². The molecular formula is C14H20ClN. The van der Waals surface area contributed by atoms with Crippen molar-refractivity contribution in [2.75, 3.05) is 7.05 Å². The summed E-state index contributed by atoms with van der Waals surface area (Å²) in [4.78, 5) is 0. The van der Waals surface area contributed by atoms with Crippen molar-refractivity contribution in [1.29, 1.82) is 0 Å². The van der Waals surface area contributed by atoms with Crippen LogP contribution in [0.1, 0.15) is 49.1 Å². The van der Waals surface area contributed by atoms with Gasteiger partial charge in [-0.2, -0.15) is 0 Å². The molecule has 0 heterocycles. The molecule has 1 aliphatic carbocycles. The zero-order valence-electron chi connectivity index (χ0n) is 9.93. The average Bonchev–Trinajstić information content (AvgIpc) is 2.31. The smallest absolute Gasteiger partial charge is 0.0444 e. The minimum atomic E-state index is 0.699. The van der Waals surface area contributed by atoms with Crippen LogP contribution in [0.15, 0.2) is 18.2 Å². The van der Waals surface area contributed by atoms with Gasteiger partial charge in [-0.15, -0.1) is 0 Å². The van der Waals surface area contributed by atoms with Gasteiger partial charge in [-0.05, 0) is 43.0 Å². The topological polar surface area (TPSA) is 12.0 Å². The van der Waals surface area contributed by atoms with Crippen LogP contribution in [0.2, 0.25) is 5.02 Å². The van der Waals surface area contributed by atoms with Crippen LogP contribution in [0.3, 0.4) is 0 Å². The molecule has 16 heavy (non-hydrogen) atoms. The summed E-state index contributed by atoms with van der Waals surface area (Å²) in [5, 5.41) is 4.11. The minimum absolute atomic E-state index is 0.699. The molecule has 1 fully saturated rings. The predicted octanol–water partition coefficient (Wildman–Crippen LogP) is 4.11. The fourth-order valence-electron chi connectivity index (χ4n) is 2.63. The van der Waals surface area contributed by atoms with Crippen molar-refractivity contribution >= 4 is 11.6 Å². The van der Waals surface area contributed by atoms with Gasteiger partial charge in [0.25, 0.3) is 0 Å². The Kier molecular flexibility index (Phi) is 4.25. The largest absolute Gasteiger partial charge is 0.316 e. The van der Waals surface area contributed by atoms with Gasteiger partial charge in [0, 0.05) is 11.6 Å². The van der Waals surface area contributed by atoms with E-state index in [4.69, 9.17) is 11.6 Å². The maximum absolute atomic E-state index is 6.37. The van der Waals surface area contributed by atoms with E-state index in [1.165, 1.54) is 43.2 Å². The van der Waals surface area contributed by atoms with Gasteiger partial charge in [0.2, 0.25) is 0 Å². The molecule has 1 N–H and O–H groups in total. The zero-order valence-corrected chi connectivity index (χ0v) is 10.7. The number of rotatable bonds is 3. The normalized spacial score (nSPS) is 17.6. The SMILES string of the molecule is CNCc1ccc(C2CCCCC2)c(Cl)c1. The van der Waals surface area contributed by atoms with Crippen molar-refractivity contribution in [2.45, 2.75) is 44.6 Å². The fourth-order valence-corrected chi connectivity index (χ4v) is 2.99. The Morgan fingerprint density at radius 1 is 1.25 bits per heavy atom. The molecule has 2 heteroatoms. The van der Waals surface area contributed by atoms with E-state index in [0.717, 1.165) is 11.6 Å². The van der Waals surface area contributed by atoms with E-state index in [9.17, 15) is 0 Å². The first-order chi connectivity index (χ1) is 7.81. The number of nitrogens with one attached hydrogen (secondary N) is 1. The second-order valence-corrected chi connectivity index (χ2v) is 5.13. The Bertz CT molecular complexity index is 343. The lowest BCUT2D eigenvalue weighted by molar-refractivity contribution is 0.443. The molecular weight excluding hydrogens is 218 g/mol. The lowest BCUT2D eigenvalue weighted by Crippen LogP contribution is -2.07. The number of halogens is 1. The van der Waals surface area contributed by atoms with E-state index < -0.39 is 0 Å². The first-order valence-corrected chi connectivity index (χ1v) is 6.62. The minimum Gasteiger partial charge on any atom is -0.316 e. The van der Waals surface area contributed by atoms with Crippen molar-refractivity contribution in [2.24, 2.45) is 0 Å². The Balaban J connectivity index is 2.14. The van der Waals surface area contributed by atoms with E-state index in [-0.39, 0.29) is 0 Å². The van der Waals surface area contributed by atoms with Gasteiger partial charge in [-0.1, -0.05) is 43.0 Å². The molecule has 88 valence electrons. The van der Waals surface area contributed by atoms with Gasteiger partial charge < -0.3 is 5.32 Å². The highest BCUT2D eigenvalue weighted by Crippen LogP contribution is 2.36. The first-order valence-electron chi connectivity index (χ1n) is 6.24. The van der Waals surface area contributed by atoms with Crippen LogP contribution in [-0.4, -0.2) is 7.05 Å². The third-order valence-electron chi connectivity index (χ3n) is 3.49. The lowest BCUT2D eigenvalue weighted by Gasteiger charge is -2.23. The third-order valence-corrected chi connectivity index (χ3v) is 3.82. The highest BCUT2D eigenvalue weighted by Gasteiger charge is 2.17. The summed E-state index contributed by atoms with van der Waals surface area (Å²) in [6, 6.07) is 6.54. The van der Waals surface area contributed by atoms with Crippen LogP contribution < -0.4 is 5.32 Å². The second kappa shape index (κ2) is 5.70. The summed E-state index contributed by atoms with van der Waals surface area (Å²) in [6.07, 6.45) is 6.74. The third kappa shape index (κ3) is 2.78. The maximum atomic E-state index is 6.37. The van der Waals surface area contributed by atoms with Crippen LogP contribution in [0.25, 0.3) is 0 Å². The summed E-state index contributed by atoms with van der Waals surface area (Å²) in [7, 11) is 1.96. The molecule has 2 rings (SSSR count). The van der Waals surface area contributed by atoms with E-state index in [2.05, 4.69) is 23.5 Å². The molecule has 0 radical (unpaired) electrons. The first kappa shape index (κ1) is 11.9. The molecule has 1 aliphatic rings. The van der Waals surface area contributed by atoms with Crippen molar-refractivity contribution in [3.8, 4) is 0 Å². The maximum Gasteiger partial charge on any atom is 0.0444 e. The Hall–Kier alpha value is -0.530. The van der Waals surface area contributed by atoms with Crippen LogP contribution in [0.5, 0.6) is 0 Å². The molecule has 1 nitrogen and oxygen atoms in total. The van der Waals surface area contributed by atoms with Crippen molar-refractivity contribution in [1.82, 2.24) is 5.32 Å². The fraction of sp³-hybridized carbons (Fsp3) is 0.571. The molecule has 0 amide bonds. The molecule has 0 bridgehead atoms. The molecule has 0 spiro atoms. The molecule has 0 saturated heterocycles. The van der Waals surface area contributed by atoms with Gasteiger partial charge in [0.1, 0.15) is 0 Å². The zero-order chi connectivity index (χ0) is 11.4. The van der Waals surface area contributed by atoms with Crippen LogP contribution >= 0.6 is 11.6 Å². The number of hydrogen-bond donors (Lipinski definition) is 1. The monoisotopic (exact) mass is 237 g/mol. The van der Waals surface area contributed by atoms with Crippen molar-refractivity contribution in [3.05, 3.63) is 34.3 Å². The molecule has 1 saturated carbocycles. The molecule has 0 aromatic heterocycles. The molecule has 0 aliphatic heterocycles. The number of benzene rings is 1. The van der Waals surface area contributed by atoms with Gasteiger partial charge in [0.15, 0.2) is 0 Å². The summed E-state index contributed by atoms with van der Waals surface area (Å²) >= 11 is 6.37. The highest BCUT2D eigenvalue weighted by atomic mass is 35.5. The Morgan fingerprint density at radius 3 is 2.62 bits per heavy atom. The predicted molar refractivity (Wildman–Crippen MR) is 70.0 cm³/mol. The Labute approximate surface area is 103 Å². The number of hydrogen-bond acceptors (Lipinski definition) is 1. The lowest BCUT2D eigenvalue weighted by atomic mass is 9.84. The molecule has 1 aromatic rings. The van der Waals surface area contributed by atoms with Crippen molar-refractivity contribution in [3.63, 3.8) is 0 Å². The molecule has 0 unspecified atom stereocenters. The summed E-state index contributed by atoms with van der Waals surface area (Å²) in [6.45, 7) is 0.894. The highest BCUT2D eigenvalue weighted by molar-refractivity contribution is 6.31. The summed E-state index contributed by atoms with van der Waals surface area (Å²) in [5.74, 6) is 0.699. The van der Waals surface area contributed by atoms with Crippen LogP contribution in [0, 0.1) is 0 Å². The van der Waals surface area contributed by atoms with Gasteiger partial charge in [0.05, 0.1) is 0 Å². The van der Waals surface area contributed by atoms with Gasteiger partial charge in [-0.25, -0.2) is 0 Å². The molecule has 1 aromatic carbocycles. The summed E-state index contributed by atoms with van der Waals surface area (Å²) < 4.78 is 0. The van der Waals surface area contributed by atoms with Crippen molar-refractivity contribution < 1.29 is 0 Å². The van der Waals surface area contributed by atoms with E-state index in [1.807, 2.05) is 7.05 Å². The quantitative estimate of drug-likeness (QED) is 0.835. The second-order valence-electron chi connectivity index (χ2n) is 4.72. The van der Waals surface area contributed by atoms with Crippen LogP contribution in [-0.2, 0) is 6.54 Å². The van der Waals surface area contributed by atoms with Gasteiger partial charge >= 0.3 is 0 Å². The van der Waals surface area contributed by atoms with E-state index in [1.54, 1.807) is 0 Å².